The van der Waals surface area contributed by atoms with Crippen LogP contribution in [0.2, 0.25) is 0 Å². The van der Waals surface area contributed by atoms with Gasteiger partial charge in [-0.15, -0.1) is 0 Å². The lowest BCUT2D eigenvalue weighted by Gasteiger charge is -2.28. The molecule has 1 aromatic rings. The summed E-state index contributed by atoms with van der Waals surface area (Å²) in [6.45, 7) is 4.38. The molecule has 1 aliphatic carbocycles. The number of nitrogens with two attached hydrogens (primary N) is 1. The predicted octanol–water partition coefficient (Wildman–Crippen LogP) is 1.68. The van der Waals surface area contributed by atoms with E-state index in [1.807, 2.05) is 0 Å². The van der Waals surface area contributed by atoms with E-state index in [-0.39, 0.29) is 17.4 Å². The minimum absolute atomic E-state index is 0.115. The Kier molecular flexibility index (Phi) is 3.52. The molecule has 18 heavy (non-hydrogen) atoms. The van der Waals surface area contributed by atoms with Crippen molar-refractivity contribution in [2.45, 2.75) is 39.2 Å². The molecule has 1 atom stereocenters. The second-order valence-electron chi connectivity index (χ2n) is 5.45. The third kappa shape index (κ3) is 2.46. The average molecular weight is 248 g/mol. The normalized spacial score (nSPS) is 21.6. The van der Waals surface area contributed by atoms with Gasteiger partial charge in [0.1, 0.15) is 0 Å². The summed E-state index contributed by atoms with van der Waals surface area (Å²) in [6, 6.07) is 3.67. The molecule has 1 saturated carbocycles. The number of pyridine rings is 1. The first-order valence-electron chi connectivity index (χ1n) is 6.27. The maximum atomic E-state index is 12.2. The number of hydrazine groups is 1. The van der Waals surface area contributed by atoms with Gasteiger partial charge in [-0.3, -0.25) is 4.79 Å². The van der Waals surface area contributed by atoms with Crippen molar-refractivity contribution < 1.29 is 4.79 Å². The van der Waals surface area contributed by atoms with E-state index in [9.17, 15) is 4.79 Å². The van der Waals surface area contributed by atoms with E-state index >= 15 is 0 Å². The first-order valence-corrected chi connectivity index (χ1v) is 6.27. The molecule has 0 aromatic carbocycles. The van der Waals surface area contributed by atoms with E-state index in [2.05, 4.69) is 29.6 Å². The standard InChI is InChI=1S/C13H20N4O/c1-13(2)7-3-6-10(13)16-12(18)9-5-4-8-15-11(9)17-14/h4-5,8,10H,3,6-7,14H2,1-2H3,(H,15,17)(H,16,18). The fourth-order valence-corrected chi connectivity index (χ4v) is 2.53. The Bertz CT molecular complexity index is 444. The summed E-state index contributed by atoms with van der Waals surface area (Å²) in [4.78, 5) is 16.3. The summed E-state index contributed by atoms with van der Waals surface area (Å²) in [7, 11) is 0. The molecule has 2 rings (SSSR count). The molecule has 0 saturated heterocycles. The Balaban J connectivity index is 2.13. The molecule has 98 valence electrons. The van der Waals surface area contributed by atoms with E-state index in [1.54, 1.807) is 18.3 Å². The Morgan fingerprint density at radius 3 is 2.94 bits per heavy atom. The fraction of sp³-hybridized carbons (Fsp3) is 0.538. The van der Waals surface area contributed by atoms with Crippen LogP contribution < -0.4 is 16.6 Å². The van der Waals surface area contributed by atoms with Gasteiger partial charge in [-0.25, -0.2) is 10.8 Å². The maximum Gasteiger partial charge on any atom is 0.255 e. The molecule has 1 aliphatic rings. The lowest BCUT2D eigenvalue weighted by molar-refractivity contribution is 0.0910. The molecule has 0 aliphatic heterocycles. The van der Waals surface area contributed by atoms with Crippen molar-refractivity contribution >= 4 is 11.7 Å². The number of nitrogen functional groups attached to an aromatic ring is 1. The topological polar surface area (TPSA) is 80.0 Å². The van der Waals surface area contributed by atoms with Crippen LogP contribution in [0, 0.1) is 5.41 Å². The molecule has 4 N–H and O–H groups in total. The van der Waals surface area contributed by atoms with E-state index < -0.39 is 0 Å². The number of hydrogen-bond donors (Lipinski definition) is 3. The number of carbonyl (C=O) groups excluding carboxylic acids is 1. The molecular formula is C13H20N4O. The Morgan fingerprint density at radius 1 is 1.56 bits per heavy atom. The zero-order valence-corrected chi connectivity index (χ0v) is 10.9. The SMILES string of the molecule is CC1(C)CCCC1NC(=O)c1cccnc1NN. The quantitative estimate of drug-likeness (QED) is 0.561. The maximum absolute atomic E-state index is 12.2. The lowest BCUT2D eigenvalue weighted by atomic mass is 9.87. The average Bonchev–Trinajstić information content (AvgIpc) is 2.68. The molecule has 0 radical (unpaired) electrons. The minimum atomic E-state index is -0.115. The highest BCUT2D eigenvalue weighted by molar-refractivity contribution is 5.98. The van der Waals surface area contributed by atoms with Gasteiger partial charge in [-0.2, -0.15) is 0 Å². The van der Waals surface area contributed by atoms with Crippen LogP contribution in [0.1, 0.15) is 43.5 Å². The van der Waals surface area contributed by atoms with Crippen molar-refractivity contribution in [3.8, 4) is 0 Å². The van der Waals surface area contributed by atoms with Crippen molar-refractivity contribution in [3.63, 3.8) is 0 Å². The van der Waals surface area contributed by atoms with Gasteiger partial charge in [-0.1, -0.05) is 20.3 Å². The third-order valence-electron chi connectivity index (χ3n) is 3.75. The largest absolute Gasteiger partial charge is 0.349 e. The van der Waals surface area contributed by atoms with Gasteiger partial charge in [0, 0.05) is 12.2 Å². The van der Waals surface area contributed by atoms with Gasteiger partial charge in [0.25, 0.3) is 5.91 Å². The van der Waals surface area contributed by atoms with E-state index in [0.29, 0.717) is 11.4 Å². The number of rotatable bonds is 3. The van der Waals surface area contributed by atoms with Gasteiger partial charge < -0.3 is 10.7 Å². The molecular weight excluding hydrogens is 228 g/mol. The van der Waals surface area contributed by atoms with Crippen LogP contribution in [-0.4, -0.2) is 16.9 Å². The highest BCUT2D eigenvalue weighted by Gasteiger charge is 2.35. The molecule has 1 aromatic heterocycles. The van der Waals surface area contributed by atoms with E-state index in [0.717, 1.165) is 19.3 Å². The zero-order valence-electron chi connectivity index (χ0n) is 10.9. The molecule has 1 fully saturated rings. The van der Waals surface area contributed by atoms with Gasteiger partial charge in [0.2, 0.25) is 0 Å². The molecule has 0 spiro atoms. The number of aromatic nitrogens is 1. The molecule has 0 bridgehead atoms. The van der Waals surface area contributed by atoms with E-state index in [4.69, 9.17) is 5.84 Å². The highest BCUT2D eigenvalue weighted by atomic mass is 16.1. The lowest BCUT2D eigenvalue weighted by Crippen LogP contribution is -2.41. The summed E-state index contributed by atoms with van der Waals surface area (Å²) in [5, 5.41) is 3.09. The smallest absolute Gasteiger partial charge is 0.255 e. The molecule has 1 unspecified atom stereocenters. The molecule has 5 heteroatoms. The van der Waals surface area contributed by atoms with Crippen molar-refractivity contribution in [1.82, 2.24) is 10.3 Å². The predicted molar refractivity (Wildman–Crippen MR) is 70.9 cm³/mol. The number of nitrogens with zero attached hydrogens (tertiary/aromatic N) is 1. The van der Waals surface area contributed by atoms with Gasteiger partial charge in [0.05, 0.1) is 5.56 Å². The highest BCUT2D eigenvalue weighted by Crippen LogP contribution is 2.37. The first kappa shape index (κ1) is 12.8. The summed E-state index contributed by atoms with van der Waals surface area (Å²) >= 11 is 0. The summed E-state index contributed by atoms with van der Waals surface area (Å²) < 4.78 is 0. The number of nitrogens with one attached hydrogen (secondary N) is 2. The fourth-order valence-electron chi connectivity index (χ4n) is 2.53. The number of hydrogen-bond acceptors (Lipinski definition) is 4. The Labute approximate surface area is 107 Å². The van der Waals surface area contributed by atoms with Crippen molar-refractivity contribution in [1.29, 1.82) is 0 Å². The zero-order chi connectivity index (χ0) is 13.2. The minimum Gasteiger partial charge on any atom is -0.349 e. The van der Waals surface area contributed by atoms with Crippen molar-refractivity contribution in [2.24, 2.45) is 11.3 Å². The Hall–Kier alpha value is -1.62. The van der Waals surface area contributed by atoms with Gasteiger partial charge in [0.15, 0.2) is 5.82 Å². The summed E-state index contributed by atoms with van der Waals surface area (Å²) in [5.74, 6) is 5.65. The van der Waals surface area contributed by atoms with Crippen LogP contribution in [0.4, 0.5) is 5.82 Å². The van der Waals surface area contributed by atoms with Crippen LogP contribution in [0.3, 0.4) is 0 Å². The second-order valence-corrected chi connectivity index (χ2v) is 5.45. The van der Waals surface area contributed by atoms with Gasteiger partial charge in [-0.05, 0) is 30.4 Å². The van der Waals surface area contributed by atoms with Crippen LogP contribution >= 0.6 is 0 Å². The second kappa shape index (κ2) is 4.94. The number of amides is 1. The summed E-state index contributed by atoms with van der Waals surface area (Å²) in [6.07, 6.45) is 4.94. The van der Waals surface area contributed by atoms with E-state index in [1.165, 1.54) is 0 Å². The van der Waals surface area contributed by atoms with Crippen molar-refractivity contribution in [3.05, 3.63) is 23.9 Å². The Morgan fingerprint density at radius 2 is 2.33 bits per heavy atom. The molecule has 5 nitrogen and oxygen atoms in total. The van der Waals surface area contributed by atoms with Crippen LogP contribution in [0.5, 0.6) is 0 Å². The summed E-state index contributed by atoms with van der Waals surface area (Å²) in [5.41, 5.74) is 3.10. The molecule has 1 amide bonds. The number of anilines is 1. The van der Waals surface area contributed by atoms with Crippen LogP contribution in [-0.2, 0) is 0 Å². The monoisotopic (exact) mass is 248 g/mol. The third-order valence-corrected chi connectivity index (χ3v) is 3.75. The first-order chi connectivity index (χ1) is 8.54. The van der Waals surface area contributed by atoms with Crippen LogP contribution in [0.15, 0.2) is 18.3 Å². The van der Waals surface area contributed by atoms with Gasteiger partial charge >= 0.3 is 0 Å². The molecule has 1 heterocycles. The van der Waals surface area contributed by atoms with Crippen molar-refractivity contribution in [2.75, 3.05) is 5.43 Å². The number of carbonyl (C=O) groups is 1. The van der Waals surface area contributed by atoms with Crippen LogP contribution in [0.25, 0.3) is 0 Å².